The second-order valence-electron chi connectivity index (χ2n) is 3.65. The molecule has 0 amide bonds. The number of fused-ring (bicyclic) bond motifs is 1. The second-order valence-corrected chi connectivity index (χ2v) is 3.65. The topological polar surface area (TPSA) is 29.0 Å². The van der Waals surface area contributed by atoms with Gasteiger partial charge in [-0.2, -0.15) is 0 Å². The summed E-state index contributed by atoms with van der Waals surface area (Å²) in [6.07, 6.45) is 3.96. The van der Waals surface area contributed by atoms with Gasteiger partial charge in [-0.05, 0) is 13.3 Å². The van der Waals surface area contributed by atoms with E-state index in [-0.39, 0.29) is 0 Å². The van der Waals surface area contributed by atoms with Gasteiger partial charge < -0.3 is 4.90 Å². The molecule has 0 spiro atoms. The van der Waals surface area contributed by atoms with Crippen molar-refractivity contribution >= 4 is 5.82 Å². The van der Waals surface area contributed by atoms with Crippen molar-refractivity contribution in [2.75, 3.05) is 11.9 Å². The third kappa shape index (κ3) is 1.28. The molecule has 1 aliphatic heterocycles. The van der Waals surface area contributed by atoms with Crippen LogP contribution in [0.2, 0.25) is 0 Å². The van der Waals surface area contributed by atoms with Crippen LogP contribution in [-0.4, -0.2) is 23.1 Å². The largest absolute Gasteiger partial charge is 0.356 e. The predicted octanol–water partition coefficient (Wildman–Crippen LogP) is 1.42. The second kappa shape index (κ2) is 2.98. The summed E-state index contributed by atoms with van der Waals surface area (Å²) in [5.74, 6) is 2.07. The van der Waals surface area contributed by atoms with E-state index in [1.165, 1.54) is 5.56 Å². The Hall–Kier alpha value is -1.12. The Morgan fingerprint density at radius 3 is 3.08 bits per heavy atom. The van der Waals surface area contributed by atoms with Crippen molar-refractivity contribution in [3.8, 4) is 0 Å². The zero-order valence-corrected chi connectivity index (χ0v) is 8.41. The highest BCUT2D eigenvalue weighted by atomic mass is 15.2. The number of hydrogen-bond acceptors (Lipinski definition) is 3. The lowest BCUT2D eigenvalue weighted by Crippen LogP contribution is -2.24. The number of aryl methyl sites for hydroxylation is 1. The van der Waals surface area contributed by atoms with Crippen LogP contribution in [0.5, 0.6) is 0 Å². The standard InChI is InChI=1S/C10H15N3/c1-4-9-11-6-8-5-7(2)13(3)10(8)12-9/h6-7H,4-5H2,1-3H3. The van der Waals surface area contributed by atoms with Crippen molar-refractivity contribution in [1.82, 2.24) is 9.97 Å². The third-order valence-electron chi connectivity index (χ3n) is 2.72. The molecule has 1 aromatic rings. The molecular weight excluding hydrogens is 162 g/mol. The van der Waals surface area contributed by atoms with E-state index in [1.54, 1.807) is 0 Å². The van der Waals surface area contributed by atoms with E-state index < -0.39 is 0 Å². The third-order valence-corrected chi connectivity index (χ3v) is 2.72. The molecule has 1 unspecified atom stereocenters. The molecule has 0 aliphatic carbocycles. The van der Waals surface area contributed by atoms with E-state index in [0.29, 0.717) is 6.04 Å². The molecule has 0 bridgehead atoms. The van der Waals surface area contributed by atoms with Gasteiger partial charge in [0.2, 0.25) is 0 Å². The van der Waals surface area contributed by atoms with Gasteiger partial charge in [-0.3, -0.25) is 0 Å². The van der Waals surface area contributed by atoms with E-state index in [0.717, 1.165) is 24.5 Å². The van der Waals surface area contributed by atoms with Crippen LogP contribution in [0.15, 0.2) is 6.20 Å². The molecular formula is C10H15N3. The van der Waals surface area contributed by atoms with Crippen LogP contribution < -0.4 is 4.90 Å². The zero-order chi connectivity index (χ0) is 9.42. The van der Waals surface area contributed by atoms with Gasteiger partial charge in [-0.25, -0.2) is 9.97 Å². The molecule has 1 atom stereocenters. The van der Waals surface area contributed by atoms with Crippen molar-refractivity contribution in [2.45, 2.75) is 32.7 Å². The maximum absolute atomic E-state index is 4.52. The quantitative estimate of drug-likeness (QED) is 0.649. The zero-order valence-electron chi connectivity index (χ0n) is 8.41. The van der Waals surface area contributed by atoms with Crippen molar-refractivity contribution in [1.29, 1.82) is 0 Å². The van der Waals surface area contributed by atoms with E-state index in [2.05, 4.69) is 35.8 Å². The lowest BCUT2D eigenvalue weighted by atomic mass is 10.2. The van der Waals surface area contributed by atoms with E-state index in [4.69, 9.17) is 0 Å². The molecule has 0 radical (unpaired) electrons. The van der Waals surface area contributed by atoms with Crippen LogP contribution in [0.3, 0.4) is 0 Å². The van der Waals surface area contributed by atoms with Gasteiger partial charge >= 0.3 is 0 Å². The van der Waals surface area contributed by atoms with Gasteiger partial charge in [0.1, 0.15) is 11.6 Å². The molecule has 1 aromatic heterocycles. The molecule has 13 heavy (non-hydrogen) atoms. The average molecular weight is 177 g/mol. The summed E-state index contributed by atoms with van der Waals surface area (Å²) in [5.41, 5.74) is 1.28. The number of nitrogens with zero attached hydrogens (tertiary/aromatic N) is 3. The number of hydrogen-bond donors (Lipinski definition) is 0. The van der Waals surface area contributed by atoms with Crippen LogP contribution in [0.25, 0.3) is 0 Å². The SMILES string of the molecule is CCc1ncc2c(n1)N(C)C(C)C2. The molecule has 0 aromatic carbocycles. The summed E-state index contributed by atoms with van der Waals surface area (Å²) in [5, 5.41) is 0. The van der Waals surface area contributed by atoms with Gasteiger partial charge in [0.15, 0.2) is 0 Å². The minimum atomic E-state index is 0.566. The van der Waals surface area contributed by atoms with Gasteiger partial charge in [0.05, 0.1) is 0 Å². The first-order valence-corrected chi connectivity index (χ1v) is 4.80. The van der Waals surface area contributed by atoms with Gasteiger partial charge in [-0.15, -0.1) is 0 Å². The highest BCUT2D eigenvalue weighted by Gasteiger charge is 2.24. The summed E-state index contributed by atoms with van der Waals surface area (Å²) in [4.78, 5) is 11.1. The fourth-order valence-corrected chi connectivity index (χ4v) is 1.72. The van der Waals surface area contributed by atoms with Gasteiger partial charge in [0, 0.05) is 31.3 Å². The number of aromatic nitrogens is 2. The molecule has 0 N–H and O–H groups in total. The van der Waals surface area contributed by atoms with Gasteiger partial charge in [-0.1, -0.05) is 6.92 Å². The van der Waals surface area contributed by atoms with Crippen LogP contribution >= 0.6 is 0 Å². The Morgan fingerprint density at radius 2 is 2.38 bits per heavy atom. The summed E-state index contributed by atoms with van der Waals surface area (Å²) < 4.78 is 0. The Bertz CT molecular complexity index is 322. The number of likely N-dealkylation sites (N-methyl/N-ethyl adjacent to an activating group) is 1. The molecule has 1 aliphatic rings. The minimum absolute atomic E-state index is 0.566. The van der Waals surface area contributed by atoms with Crippen LogP contribution in [-0.2, 0) is 12.8 Å². The smallest absolute Gasteiger partial charge is 0.135 e. The Morgan fingerprint density at radius 1 is 1.62 bits per heavy atom. The Kier molecular flexibility index (Phi) is 1.94. The van der Waals surface area contributed by atoms with Crippen LogP contribution in [0.4, 0.5) is 5.82 Å². The van der Waals surface area contributed by atoms with Crippen molar-refractivity contribution in [3.05, 3.63) is 17.6 Å². The molecule has 2 heterocycles. The fourth-order valence-electron chi connectivity index (χ4n) is 1.72. The lowest BCUT2D eigenvalue weighted by Gasteiger charge is -2.17. The van der Waals surface area contributed by atoms with Crippen LogP contribution in [0, 0.1) is 0 Å². The molecule has 3 nitrogen and oxygen atoms in total. The summed E-state index contributed by atoms with van der Waals surface area (Å²) in [6, 6.07) is 0.566. The van der Waals surface area contributed by atoms with Crippen molar-refractivity contribution in [3.63, 3.8) is 0 Å². The lowest BCUT2D eigenvalue weighted by molar-refractivity contribution is 0.727. The number of rotatable bonds is 1. The summed E-state index contributed by atoms with van der Waals surface area (Å²) >= 11 is 0. The highest BCUT2D eigenvalue weighted by molar-refractivity contribution is 5.51. The monoisotopic (exact) mass is 177 g/mol. The molecule has 2 rings (SSSR count). The predicted molar refractivity (Wildman–Crippen MR) is 53.0 cm³/mol. The normalized spacial score (nSPS) is 20.5. The van der Waals surface area contributed by atoms with E-state index in [9.17, 15) is 0 Å². The maximum atomic E-state index is 4.52. The summed E-state index contributed by atoms with van der Waals surface area (Å²) in [6.45, 7) is 4.30. The highest BCUT2D eigenvalue weighted by Crippen LogP contribution is 2.27. The Labute approximate surface area is 78.8 Å². The average Bonchev–Trinajstić information content (AvgIpc) is 2.43. The first-order valence-electron chi connectivity index (χ1n) is 4.80. The van der Waals surface area contributed by atoms with Gasteiger partial charge in [0.25, 0.3) is 0 Å². The molecule has 0 fully saturated rings. The molecule has 0 saturated carbocycles. The van der Waals surface area contributed by atoms with E-state index >= 15 is 0 Å². The minimum Gasteiger partial charge on any atom is -0.356 e. The fraction of sp³-hybridized carbons (Fsp3) is 0.600. The Balaban J connectivity index is 2.42. The van der Waals surface area contributed by atoms with Crippen molar-refractivity contribution < 1.29 is 0 Å². The molecule has 70 valence electrons. The maximum Gasteiger partial charge on any atom is 0.135 e. The van der Waals surface area contributed by atoms with E-state index in [1.807, 2.05) is 6.20 Å². The first kappa shape index (κ1) is 8.48. The molecule has 3 heteroatoms. The number of anilines is 1. The van der Waals surface area contributed by atoms with Crippen LogP contribution in [0.1, 0.15) is 25.2 Å². The molecule has 0 saturated heterocycles. The van der Waals surface area contributed by atoms with Crippen molar-refractivity contribution in [2.24, 2.45) is 0 Å². The summed E-state index contributed by atoms with van der Waals surface area (Å²) in [7, 11) is 2.10. The first-order chi connectivity index (χ1) is 6.22.